The number of hydrogen-bond acceptors (Lipinski definition) is 2. The van der Waals surface area contributed by atoms with Crippen LogP contribution in [0.5, 0.6) is 0 Å². The Bertz CT molecular complexity index is 94.9. The molecule has 0 aromatic carbocycles. The van der Waals surface area contributed by atoms with E-state index in [1.165, 1.54) is 0 Å². The summed E-state index contributed by atoms with van der Waals surface area (Å²) in [6, 6.07) is 0.273. The van der Waals surface area contributed by atoms with E-state index in [1.807, 2.05) is 6.92 Å². The van der Waals surface area contributed by atoms with Crippen LogP contribution in [-0.4, -0.2) is 18.8 Å². The van der Waals surface area contributed by atoms with Crippen molar-refractivity contribution in [1.29, 1.82) is 0 Å². The van der Waals surface area contributed by atoms with Crippen LogP contribution in [-0.2, 0) is 4.74 Å². The molecule has 0 aromatic heterocycles. The summed E-state index contributed by atoms with van der Waals surface area (Å²) in [6.45, 7) is 5.06. The van der Waals surface area contributed by atoms with Crippen molar-refractivity contribution in [2.75, 3.05) is 6.61 Å². The molecule has 2 N–H and O–H groups in total. The van der Waals surface area contributed by atoms with E-state index in [9.17, 15) is 0 Å². The second-order valence-electron chi connectivity index (χ2n) is 2.78. The zero-order valence-electron chi connectivity index (χ0n) is 6.13. The van der Waals surface area contributed by atoms with E-state index in [1.54, 1.807) is 0 Å². The normalized spacial score (nSPS) is 43.7. The molecular weight excluding hydrogens is 114 g/mol. The molecular formula is C7H15NO. The zero-order valence-corrected chi connectivity index (χ0v) is 6.13. The van der Waals surface area contributed by atoms with Crippen molar-refractivity contribution in [3.05, 3.63) is 0 Å². The summed E-state index contributed by atoms with van der Waals surface area (Å²) in [5.41, 5.74) is 5.81. The van der Waals surface area contributed by atoms with Crippen molar-refractivity contribution in [2.24, 2.45) is 11.7 Å². The quantitative estimate of drug-likeness (QED) is 0.567. The minimum Gasteiger partial charge on any atom is -0.377 e. The topological polar surface area (TPSA) is 35.2 Å². The van der Waals surface area contributed by atoms with Crippen molar-refractivity contribution < 1.29 is 4.74 Å². The monoisotopic (exact) mass is 129 g/mol. The first kappa shape index (κ1) is 7.03. The van der Waals surface area contributed by atoms with Gasteiger partial charge in [-0.15, -0.1) is 0 Å². The van der Waals surface area contributed by atoms with Crippen LogP contribution in [0, 0.1) is 5.92 Å². The van der Waals surface area contributed by atoms with E-state index in [-0.39, 0.29) is 12.1 Å². The van der Waals surface area contributed by atoms with Gasteiger partial charge in [0.15, 0.2) is 0 Å². The average Bonchev–Trinajstić information content (AvgIpc) is 2.15. The third kappa shape index (κ3) is 1.25. The van der Waals surface area contributed by atoms with Gasteiger partial charge in [-0.2, -0.15) is 0 Å². The van der Waals surface area contributed by atoms with E-state index < -0.39 is 0 Å². The Hall–Kier alpha value is -0.0800. The van der Waals surface area contributed by atoms with Crippen molar-refractivity contribution in [3.63, 3.8) is 0 Å². The van der Waals surface area contributed by atoms with Crippen LogP contribution in [0.25, 0.3) is 0 Å². The van der Waals surface area contributed by atoms with Gasteiger partial charge in [0.2, 0.25) is 0 Å². The Morgan fingerprint density at radius 2 is 2.33 bits per heavy atom. The van der Waals surface area contributed by atoms with Gasteiger partial charge < -0.3 is 10.5 Å². The summed E-state index contributed by atoms with van der Waals surface area (Å²) >= 11 is 0. The standard InChI is InChI=1S/C7H15NO/c1-3-6-4-9-5(2)7(6)8/h5-7H,3-4,8H2,1-2H3. The molecule has 2 heteroatoms. The molecule has 0 aromatic rings. The molecule has 54 valence electrons. The van der Waals surface area contributed by atoms with Gasteiger partial charge in [0.05, 0.1) is 12.7 Å². The van der Waals surface area contributed by atoms with Gasteiger partial charge >= 0.3 is 0 Å². The highest BCUT2D eigenvalue weighted by atomic mass is 16.5. The second kappa shape index (κ2) is 2.67. The molecule has 1 aliphatic rings. The van der Waals surface area contributed by atoms with Gasteiger partial charge in [-0.1, -0.05) is 6.92 Å². The van der Waals surface area contributed by atoms with Crippen LogP contribution in [0.1, 0.15) is 20.3 Å². The third-order valence-corrected chi connectivity index (χ3v) is 2.18. The molecule has 9 heavy (non-hydrogen) atoms. The fraction of sp³-hybridized carbons (Fsp3) is 1.00. The maximum Gasteiger partial charge on any atom is 0.0701 e. The number of ether oxygens (including phenoxy) is 1. The van der Waals surface area contributed by atoms with Crippen LogP contribution in [0.3, 0.4) is 0 Å². The smallest absolute Gasteiger partial charge is 0.0701 e. The zero-order chi connectivity index (χ0) is 6.85. The van der Waals surface area contributed by atoms with Crippen molar-refractivity contribution in [1.82, 2.24) is 0 Å². The van der Waals surface area contributed by atoms with E-state index in [0.29, 0.717) is 5.92 Å². The third-order valence-electron chi connectivity index (χ3n) is 2.18. The van der Waals surface area contributed by atoms with Crippen molar-refractivity contribution >= 4 is 0 Å². The van der Waals surface area contributed by atoms with Gasteiger partial charge in [0.1, 0.15) is 0 Å². The predicted octanol–water partition coefficient (Wildman–Crippen LogP) is 0.759. The molecule has 0 amide bonds. The van der Waals surface area contributed by atoms with E-state index in [4.69, 9.17) is 10.5 Å². The molecule has 0 bridgehead atoms. The summed E-state index contributed by atoms with van der Waals surface area (Å²) in [5, 5.41) is 0. The minimum absolute atomic E-state index is 0.273. The summed E-state index contributed by atoms with van der Waals surface area (Å²) in [6.07, 6.45) is 1.42. The highest BCUT2D eigenvalue weighted by Crippen LogP contribution is 2.20. The highest BCUT2D eigenvalue weighted by molar-refractivity contribution is 4.82. The summed E-state index contributed by atoms with van der Waals surface area (Å²) in [4.78, 5) is 0. The van der Waals surface area contributed by atoms with Crippen molar-refractivity contribution in [3.8, 4) is 0 Å². The van der Waals surface area contributed by atoms with Gasteiger partial charge in [-0.3, -0.25) is 0 Å². The summed E-state index contributed by atoms with van der Waals surface area (Å²) < 4.78 is 5.34. The Labute approximate surface area is 56.4 Å². The Morgan fingerprint density at radius 3 is 2.56 bits per heavy atom. The molecule has 0 aliphatic carbocycles. The lowest BCUT2D eigenvalue weighted by molar-refractivity contribution is 0.115. The summed E-state index contributed by atoms with van der Waals surface area (Å²) in [7, 11) is 0. The first-order chi connectivity index (χ1) is 4.25. The molecule has 1 saturated heterocycles. The Morgan fingerprint density at radius 1 is 1.67 bits per heavy atom. The highest BCUT2D eigenvalue weighted by Gasteiger charge is 2.29. The molecule has 0 radical (unpaired) electrons. The maximum absolute atomic E-state index is 5.81. The number of hydrogen-bond donors (Lipinski definition) is 1. The number of rotatable bonds is 1. The molecule has 1 fully saturated rings. The summed E-state index contributed by atoms with van der Waals surface area (Å²) in [5.74, 6) is 0.597. The minimum atomic E-state index is 0.273. The first-order valence-electron chi connectivity index (χ1n) is 3.63. The first-order valence-corrected chi connectivity index (χ1v) is 3.63. The molecule has 3 atom stereocenters. The van der Waals surface area contributed by atoms with Gasteiger partial charge in [0, 0.05) is 6.04 Å². The lowest BCUT2D eigenvalue weighted by Gasteiger charge is -2.12. The molecule has 0 saturated carbocycles. The SMILES string of the molecule is CCC1COC(C)C1N. The van der Waals surface area contributed by atoms with E-state index >= 15 is 0 Å². The van der Waals surface area contributed by atoms with Crippen LogP contribution in [0.2, 0.25) is 0 Å². The van der Waals surface area contributed by atoms with E-state index in [0.717, 1.165) is 13.0 Å². The van der Waals surface area contributed by atoms with Gasteiger partial charge in [-0.05, 0) is 19.3 Å². The molecule has 1 aliphatic heterocycles. The lowest BCUT2D eigenvalue weighted by Crippen LogP contribution is -2.33. The molecule has 3 unspecified atom stereocenters. The van der Waals surface area contributed by atoms with Crippen molar-refractivity contribution in [2.45, 2.75) is 32.4 Å². The van der Waals surface area contributed by atoms with Crippen LogP contribution < -0.4 is 5.73 Å². The Balaban J connectivity index is 2.41. The van der Waals surface area contributed by atoms with Crippen LogP contribution in [0.4, 0.5) is 0 Å². The fourth-order valence-electron chi connectivity index (χ4n) is 1.27. The van der Waals surface area contributed by atoms with Crippen LogP contribution >= 0.6 is 0 Å². The fourth-order valence-corrected chi connectivity index (χ4v) is 1.27. The Kier molecular flexibility index (Phi) is 2.09. The van der Waals surface area contributed by atoms with Gasteiger partial charge in [0.25, 0.3) is 0 Å². The van der Waals surface area contributed by atoms with Crippen LogP contribution in [0.15, 0.2) is 0 Å². The van der Waals surface area contributed by atoms with Gasteiger partial charge in [-0.25, -0.2) is 0 Å². The lowest BCUT2D eigenvalue weighted by atomic mass is 9.98. The molecule has 0 spiro atoms. The second-order valence-corrected chi connectivity index (χ2v) is 2.78. The maximum atomic E-state index is 5.81. The molecule has 2 nitrogen and oxygen atoms in total. The largest absolute Gasteiger partial charge is 0.377 e. The average molecular weight is 129 g/mol. The number of nitrogens with two attached hydrogens (primary N) is 1. The predicted molar refractivity (Wildman–Crippen MR) is 37.2 cm³/mol. The molecule has 1 rings (SSSR count). The molecule has 1 heterocycles. The van der Waals surface area contributed by atoms with E-state index in [2.05, 4.69) is 6.92 Å².